The molecule has 0 radical (unpaired) electrons. The highest BCUT2D eigenvalue weighted by Gasteiger charge is 2.22. The number of hydrogen-bond acceptors (Lipinski definition) is 4. The van der Waals surface area contributed by atoms with Crippen LogP contribution in [0.15, 0.2) is 84.9 Å². The molecule has 4 aromatic rings. The van der Waals surface area contributed by atoms with Gasteiger partial charge in [0.15, 0.2) is 0 Å². The first-order chi connectivity index (χ1) is 16.6. The van der Waals surface area contributed by atoms with E-state index in [0.717, 1.165) is 28.0 Å². The first kappa shape index (κ1) is 23.0. The second kappa shape index (κ2) is 11.1. The number of benzene rings is 3. The summed E-state index contributed by atoms with van der Waals surface area (Å²) >= 11 is 0. The average molecular weight is 457 g/mol. The predicted molar refractivity (Wildman–Crippen MR) is 131 cm³/mol. The van der Waals surface area contributed by atoms with Crippen LogP contribution in [0.5, 0.6) is 0 Å². The van der Waals surface area contributed by atoms with Crippen molar-refractivity contribution in [1.82, 2.24) is 20.2 Å². The van der Waals surface area contributed by atoms with E-state index in [-0.39, 0.29) is 12.5 Å². The summed E-state index contributed by atoms with van der Waals surface area (Å²) in [4.78, 5) is 30.0. The van der Waals surface area contributed by atoms with E-state index in [1.54, 1.807) is 0 Å². The molecule has 1 atom stereocenters. The molecule has 7 nitrogen and oxygen atoms in total. The van der Waals surface area contributed by atoms with Gasteiger partial charge < -0.3 is 19.9 Å². The van der Waals surface area contributed by atoms with E-state index in [4.69, 9.17) is 4.74 Å². The molecule has 0 aliphatic rings. The molecule has 1 aromatic heterocycles. The molecule has 2 amide bonds. The van der Waals surface area contributed by atoms with Gasteiger partial charge in [0.1, 0.15) is 18.5 Å². The third-order valence-corrected chi connectivity index (χ3v) is 5.58. The van der Waals surface area contributed by atoms with Gasteiger partial charge in [-0.25, -0.2) is 9.78 Å². The first-order valence-corrected chi connectivity index (χ1v) is 11.3. The number of rotatable bonds is 9. The molecular formula is C27H28N4O3. The lowest BCUT2D eigenvalue weighted by molar-refractivity contribution is -0.123. The third kappa shape index (κ3) is 6.01. The maximum Gasteiger partial charge on any atom is 0.408 e. The van der Waals surface area contributed by atoms with Crippen molar-refractivity contribution in [2.45, 2.75) is 32.5 Å². The van der Waals surface area contributed by atoms with Gasteiger partial charge in [-0.2, -0.15) is 0 Å². The molecule has 0 saturated carbocycles. The molecule has 4 rings (SSSR count). The number of carbonyl (C=O) groups excluding carboxylic acids is 2. The topological polar surface area (TPSA) is 85.3 Å². The molecule has 0 unspecified atom stereocenters. The largest absolute Gasteiger partial charge is 0.445 e. The summed E-state index contributed by atoms with van der Waals surface area (Å²) in [6.45, 7) is 3.07. The number of carbonyl (C=O) groups is 2. The number of aryl methyl sites for hydroxylation is 1. The van der Waals surface area contributed by atoms with Gasteiger partial charge >= 0.3 is 6.09 Å². The van der Waals surface area contributed by atoms with Crippen molar-refractivity contribution in [2.75, 3.05) is 6.54 Å². The summed E-state index contributed by atoms with van der Waals surface area (Å²) in [5, 5.41) is 5.68. The summed E-state index contributed by atoms with van der Waals surface area (Å²) in [5.74, 6) is 0.626. The Morgan fingerprint density at radius 3 is 2.29 bits per heavy atom. The van der Waals surface area contributed by atoms with Gasteiger partial charge in [-0.05, 0) is 30.2 Å². The maximum absolute atomic E-state index is 13.0. The Morgan fingerprint density at radius 2 is 1.56 bits per heavy atom. The minimum Gasteiger partial charge on any atom is -0.445 e. The van der Waals surface area contributed by atoms with E-state index in [0.29, 0.717) is 19.5 Å². The standard InChI is InChI=1S/C27H28N4O3/c1-20-29-23-14-8-9-15-25(23)31(20)17-16-28-26(32)24(18-21-10-4-2-5-11-21)30-27(33)34-19-22-12-6-3-7-13-22/h2-15,24H,16-19H2,1H3,(H,28,32)(H,30,33)/t24-/m0/s1. The summed E-state index contributed by atoms with van der Waals surface area (Å²) in [6, 6.07) is 26.2. The van der Waals surface area contributed by atoms with Gasteiger partial charge in [-0.3, -0.25) is 4.79 Å². The fraction of sp³-hybridized carbons (Fsp3) is 0.222. The Kier molecular flexibility index (Phi) is 7.55. The molecule has 0 aliphatic carbocycles. The number of hydrogen-bond donors (Lipinski definition) is 2. The Hall–Kier alpha value is -4.13. The van der Waals surface area contributed by atoms with Crippen molar-refractivity contribution in [3.63, 3.8) is 0 Å². The van der Waals surface area contributed by atoms with Crippen molar-refractivity contribution in [3.8, 4) is 0 Å². The van der Waals surface area contributed by atoms with E-state index in [1.165, 1.54) is 0 Å². The SMILES string of the molecule is Cc1nc2ccccc2n1CCNC(=O)[C@H](Cc1ccccc1)NC(=O)OCc1ccccc1. The molecule has 3 aromatic carbocycles. The van der Waals surface area contributed by atoms with E-state index in [9.17, 15) is 9.59 Å². The zero-order valence-corrected chi connectivity index (χ0v) is 19.1. The minimum atomic E-state index is -0.758. The van der Waals surface area contributed by atoms with Crippen LogP contribution in [0.1, 0.15) is 17.0 Å². The first-order valence-electron chi connectivity index (χ1n) is 11.3. The molecule has 0 spiro atoms. The zero-order chi connectivity index (χ0) is 23.8. The minimum absolute atomic E-state index is 0.138. The van der Waals surface area contributed by atoms with Crippen molar-refractivity contribution >= 4 is 23.0 Å². The van der Waals surface area contributed by atoms with Gasteiger partial charge in [0.05, 0.1) is 11.0 Å². The van der Waals surface area contributed by atoms with Crippen molar-refractivity contribution in [1.29, 1.82) is 0 Å². The number of nitrogens with zero attached hydrogens (tertiary/aromatic N) is 2. The van der Waals surface area contributed by atoms with Gasteiger partial charge in [0.2, 0.25) is 5.91 Å². The Morgan fingerprint density at radius 1 is 0.912 bits per heavy atom. The van der Waals surface area contributed by atoms with Crippen molar-refractivity contribution in [2.24, 2.45) is 0 Å². The second-order valence-corrected chi connectivity index (χ2v) is 8.04. The number of aromatic nitrogens is 2. The van der Waals surface area contributed by atoms with E-state index in [2.05, 4.69) is 20.2 Å². The molecule has 2 N–H and O–H groups in total. The molecular weight excluding hydrogens is 428 g/mol. The van der Waals surface area contributed by atoms with Crippen molar-refractivity contribution in [3.05, 3.63) is 102 Å². The second-order valence-electron chi connectivity index (χ2n) is 8.04. The van der Waals surface area contributed by atoms with Crippen LogP contribution in [0.4, 0.5) is 4.79 Å². The smallest absolute Gasteiger partial charge is 0.408 e. The predicted octanol–water partition coefficient (Wildman–Crippen LogP) is 4.00. The molecule has 0 bridgehead atoms. The molecule has 174 valence electrons. The highest BCUT2D eigenvalue weighted by atomic mass is 16.5. The highest BCUT2D eigenvalue weighted by Crippen LogP contribution is 2.15. The molecule has 34 heavy (non-hydrogen) atoms. The van der Waals surface area contributed by atoms with Gasteiger partial charge in [0, 0.05) is 19.5 Å². The van der Waals surface area contributed by atoms with Crippen LogP contribution in [0.25, 0.3) is 11.0 Å². The van der Waals surface area contributed by atoms with Crippen LogP contribution in [-0.2, 0) is 29.1 Å². The van der Waals surface area contributed by atoms with E-state index < -0.39 is 12.1 Å². The highest BCUT2D eigenvalue weighted by molar-refractivity contribution is 5.86. The number of ether oxygens (including phenoxy) is 1. The fourth-order valence-corrected chi connectivity index (χ4v) is 3.86. The maximum atomic E-state index is 13.0. The fourth-order valence-electron chi connectivity index (χ4n) is 3.86. The number of alkyl carbamates (subject to hydrolysis) is 1. The molecule has 0 saturated heterocycles. The van der Waals surface area contributed by atoms with Crippen LogP contribution < -0.4 is 10.6 Å². The zero-order valence-electron chi connectivity index (χ0n) is 19.1. The summed E-state index contributed by atoms with van der Waals surface area (Å²) in [7, 11) is 0. The quantitative estimate of drug-likeness (QED) is 0.399. The van der Waals surface area contributed by atoms with E-state index in [1.807, 2.05) is 91.9 Å². The van der Waals surface area contributed by atoms with Crippen LogP contribution in [0.3, 0.4) is 0 Å². The Labute approximate surface area is 198 Å². The lowest BCUT2D eigenvalue weighted by Gasteiger charge is -2.19. The Bertz CT molecular complexity index is 1240. The summed E-state index contributed by atoms with van der Waals surface area (Å²) in [5.41, 5.74) is 3.78. The molecule has 7 heteroatoms. The number of amides is 2. The number of para-hydroxylation sites is 2. The average Bonchev–Trinajstić information content (AvgIpc) is 3.18. The summed E-state index contributed by atoms with van der Waals surface area (Å²) in [6.07, 6.45) is -0.267. The molecule has 1 heterocycles. The summed E-state index contributed by atoms with van der Waals surface area (Å²) < 4.78 is 7.40. The normalized spacial score (nSPS) is 11.7. The van der Waals surface area contributed by atoms with Crippen LogP contribution in [-0.4, -0.2) is 34.1 Å². The van der Waals surface area contributed by atoms with Crippen LogP contribution in [0, 0.1) is 6.92 Å². The van der Waals surface area contributed by atoms with Gasteiger partial charge in [-0.15, -0.1) is 0 Å². The Balaban J connectivity index is 1.37. The monoisotopic (exact) mass is 456 g/mol. The lowest BCUT2D eigenvalue weighted by atomic mass is 10.1. The molecule has 0 fully saturated rings. The lowest BCUT2D eigenvalue weighted by Crippen LogP contribution is -2.48. The van der Waals surface area contributed by atoms with Crippen LogP contribution in [0.2, 0.25) is 0 Å². The number of nitrogens with one attached hydrogen (secondary N) is 2. The third-order valence-electron chi connectivity index (χ3n) is 5.58. The van der Waals surface area contributed by atoms with Gasteiger partial charge in [-0.1, -0.05) is 72.8 Å². The number of imidazole rings is 1. The number of fused-ring (bicyclic) bond motifs is 1. The molecule has 0 aliphatic heterocycles. The van der Waals surface area contributed by atoms with Crippen LogP contribution >= 0.6 is 0 Å². The van der Waals surface area contributed by atoms with Crippen molar-refractivity contribution < 1.29 is 14.3 Å². The van der Waals surface area contributed by atoms with Gasteiger partial charge in [0.25, 0.3) is 0 Å². The van der Waals surface area contributed by atoms with E-state index >= 15 is 0 Å².